The fourth-order valence-electron chi connectivity index (χ4n) is 2.55. The van der Waals surface area contributed by atoms with Crippen molar-refractivity contribution in [3.8, 4) is 0 Å². The highest BCUT2D eigenvalue weighted by Gasteiger charge is 2.06. The number of hydrogen-bond donors (Lipinski definition) is 1. The molecule has 0 saturated heterocycles. The van der Waals surface area contributed by atoms with Crippen LogP contribution in [0.1, 0.15) is 37.4 Å². The maximum Gasteiger partial charge on any atom is 0.180 e. The summed E-state index contributed by atoms with van der Waals surface area (Å²) >= 11 is 0. The Morgan fingerprint density at radius 2 is 2.25 bits per heavy atom. The Morgan fingerprint density at radius 1 is 1.29 bits per heavy atom. The van der Waals surface area contributed by atoms with E-state index < -0.39 is 0 Å². The zero-order valence-corrected chi connectivity index (χ0v) is 14.0. The molecule has 0 aliphatic rings. The van der Waals surface area contributed by atoms with Crippen LogP contribution < -0.4 is 5.32 Å². The first-order valence-corrected chi connectivity index (χ1v) is 8.50. The van der Waals surface area contributed by atoms with Gasteiger partial charge in [0.1, 0.15) is 0 Å². The SMILES string of the molecule is CCCC/C=C/c1cn2ccnc2c(NCCc2cccnc2)n1. The molecule has 0 bridgehead atoms. The Labute approximate surface area is 142 Å². The van der Waals surface area contributed by atoms with E-state index in [9.17, 15) is 0 Å². The molecule has 24 heavy (non-hydrogen) atoms. The lowest BCUT2D eigenvalue weighted by atomic mass is 10.2. The lowest BCUT2D eigenvalue weighted by molar-refractivity contribution is 0.816. The molecule has 3 aromatic rings. The van der Waals surface area contributed by atoms with Crippen molar-refractivity contribution in [1.82, 2.24) is 19.4 Å². The van der Waals surface area contributed by atoms with Gasteiger partial charge in [-0.1, -0.05) is 31.9 Å². The summed E-state index contributed by atoms with van der Waals surface area (Å²) in [5.41, 5.74) is 3.01. The molecule has 0 saturated carbocycles. The van der Waals surface area contributed by atoms with Gasteiger partial charge in [0, 0.05) is 37.5 Å². The highest BCUT2D eigenvalue weighted by molar-refractivity contribution is 5.65. The summed E-state index contributed by atoms with van der Waals surface area (Å²) in [6.45, 7) is 3.00. The van der Waals surface area contributed by atoms with Crippen LogP contribution in [0, 0.1) is 0 Å². The van der Waals surface area contributed by atoms with Crippen molar-refractivity contribution >= 4 is 17.5 Å². The quantitative estimate of drug-likeness (QED) is 0.638. The van der Waals surface area contributed by atoms with Crippen molar-refractivity contribution in [2.24, 2.45) is 0 Å². The maximum absolute atomic E-state index is 4.71. The molecule has 5 nitrogen and oxygen atoms in total. The first-order chi connectivity index (χ1) is 11.9. The topological polar surface area (TPSA) is 55.1 Å². The Hall–Kier alpha value is -2.69. The number of fused-ring (bicyclic) bond motifs is 1. The Kier molecular flexibility index (Phi) is 5.56. The van der Waals surface area contributed by atoms with Crippen molar-refractivity contribution in [2.45, 2.75) is 32.6 Å². The summed E-state index contributed by atoms with van der Waals surface area (Å²) in [6.07, 6.45) is 18.1. The summed E-state index contributed by atoms with van der Waals surface area (Å²) < 4.78 is 2.01. The van der Waals surface area contributed by atoms with Crippen molar-refractivity contribution in [3.05, 3.63) is 60.5 Å². The molecule has 0 atom stereocenters. The minimum absolute atomic E-state index is 0.796. The van der Waals surface area contributed by atoms with Crippen LogP contribution in [0.5, 0.6) is 0 Å². The average molecular weight is 321 g/mol. The van der Waals surface area contributed by atoms with Crippen LogP contribution in [-0.2, 0) is 6.42 Å². The number of rotatable bonds is 8. The van der Waals surface area contributed by atoms with Gasteiger partial charge in [0.05, 0.1) is 5.69 Å². The molecule has 5 heteroatoms. The van der Waals surface area contributed by atoms with Crippen LogP contribution in [0.2, 0.25) is 0 Å². The van der Waals surface area contributed by atoms with Gasteiger partial charge in [-0.3, -0.25) is 4.98 Å². The summed E-state index contributed by atoms with van der Waals surface area (Å²) in [5.74, 6) is 0.821. The number of allylic oxidation sites excluding steroid dienone is 1. The van der Waals surface area contributed by atoms with E-state index in [0.717, 1.165) is 36.5 Å². The number of anilines is 1. The van der Waals surface area contributed by atoms with E-state index in [1.165, 1.54) is 18.4 Å². The second-order valence-electron chi connectivity index (χ2n) is 5.76. The molecule has 3 rings (SSSR count). The van der Waals surface area contributed by atoms with Crippen molar-refractivity contribution in [2.75, 3.05) is 11.9 Å². The smallest absolute Gasteiger partial charge is 0.180 e. The number of pyridine rings is 1. The van der Waals surface area contributed by atoms with Gasteiger partial charge in [0.25, 0.3) is 0 Å². The molecule has 0 spiro atoms. The average Bonchev–Trinajstić information content (AvgIpc) is 3.08. The molecule has 0 unspecified atom stereocenters. The van der Waals surface area contributed by atoms with E-state index in [-0.39, 0.29) is 0 Å². The fourth-order valence-corrected chi connectivity index (χ4v) is 2.55. The van der Waals surface area contributed by atoms with Gasteiger partial charge in [-0.15, -0.1) is 0 Å². The summed E-state index contributed by atoms with van der Waals surface area (Å²) in [4.78, 5) is 13.2. The van der Waals surface area contributed by atoms with E-state index >= 15 is 0 Å². The first-order valence-electron chi connectivity index (χ1n) is 8.50. The zero-order chi connectivity index (χ0) is 16.6. The van der Waals surface area contributed by atoms with E-state index in [1.807, 2.05) is 29.1 Å². The molecular formula is C19H23N5. The van der Waals surface area contributed by atoms with Crippen LogP contribution in [0.3, 0.4) is 0 Å². The van der Waals surface area contributed by atoms with Crippen molar-refractivity contribution < 1.29 is 0 Å². The normalized spacial score (nSPS) is 11.4. The molecule has 0 aliphatic heterocycles. The van der Waals surface area contributed by atoms with Crippen molar-refractivity contribution in [3.63, 3.8) is 0 Å². The van der Waals surface area contributed by atoms with Gasteiger partial charge in [-0.25, -0.2) is 9.97 Å². The Morgan fingerprint density at radius 3 is 3.08 bits per heavy atom. The minimum atomic E-state index is 0.796. The third-order valence-electron chi connectivity index (χ3n) is 3.83. The molecule has 0 amide bonds. The molecule has 0 fully saturated rings. The Balaban J connectivity index is 1.71. The maximum atomic E-state index is 4.71. The number of imidazole rings is 1. The van der Waals surface area contributed by atoms with Crippen LogP contribution in [0.4, 0.5) is 5.82 Å². The van der Waals surface area contributed by atoms with Crippen LogP contribution in [-0.4, -0.2) is 25.9 Å². The highest BCUT2D eigenvalue weighted by atomic mass is 15.1. The predicted octanol–water partition coefficient (Wildman–Crippen LogP) is 3.98. The molecule has 3 aromatic heterocycles. The van der Waals surface area contributed by atoms with Gasteiger partial charge < -0.3 is 9.72 Å². The lowest BCUT2D eigenvalue weighted by Gasteiger charge is -2.08. The lowest BCUT2D eigenvalue weighted by Crippen LogP contribution is -2.09. The standard InChI is InChI=1S/C19H23N5/c1-2-3-4-5-8-17-15-24-13-12-22-19(24)18(23-17)21-11-9-16-7-6-10-20-14-16/h5-8,10,12-15H,2-4,9,11H2,1H3,(H,21,23)/b8-5+. The second kappa shape index (κ2) is 8.24. The number of aromatic nitrogens is 4. The molecule has 0 aromatic carbocycles. The molecule has 0 radical (unpaired) electrons. The van der Waals surface area contributed by atoms with Crippen LogP contribution in [0.15, 0.2) is 49.2 Å². The fraction of sp³-hybridized carbons (Fsp3) is 0.316. The molecule has 124 valence electrons. The predicted molar refractivity (Wildman–Crippen MR) is 98.0 cm³/mol. The van der Waals surface area contributed by atoms with Crippen molar-refractivity contribution in [1.29, 1.82) is 0 Å². The van der Waals surface area contributed by atoms with E-state index in [0.29, 0.717) is 0 Å². The highest BCUT2D eigenvalue weighted by Crippen LogP contribution is 2.15. The van der Waals surface area contributed by atoms with E-state index in [4.69, 9.17) is 4.98 Å². The largest absolute Gasteiger partial charge is 0.367 e. The molecular weight excluding hydrogens is 298 g/mol. The third-order valence-corrected chi connectivity index (χ3v) is 3.83. The summed E-state index contributed by atoms with van der Waals surface area (Å²) in [6, 6.07) is 4.04. The Bertz CT molecular complexity index is 792. The van der Waals surface area contributed by atoms with Gasteiger partial charge >= 0.3 is 0 Å². The molecule has 1 N–H and O–H groups in total. The van der Waals surface area contributed by atoms with Crippen LogP contribution in [0.25, 0.3) is 11.7 Å². The number of nitrogens with zero attached hydrogens (tertiary/aromatic N) is 4. The van der Waals surface area contributed by atoms with Gasteiger partial charge in [0.15, 0.2) is 11.5 Å². The molecule has 3 heterocycles. The third kappa shape index (κ3) is 4.19. The van der Waals surface area contributed by atoms with Gasteiger partial charge in [-0.05, 0) is 30.5 Å². The number of nitrogens with one attached hydrogen (secondary N) is 1. The molecule has 0 aliphatic carbocycles. The number of unbranched alkanes of at least 4 members (excludes halogenated alkanes) is 2. The zero-order valence-electron chi connectivity index (χ0n) is 14.0. The van der Waals surface area contributed by atoms with Gasteiger partial charge in [-0.2, -0.15) is 0 Å². The summed E-state index contributed by atoms with van der Waals surface area (Å²) in [5, 5.41) is 3.41. The van der Waals surface area contributed by atoms with Gasteiger partial charge in [0.2, 0.25) is 0 Å². The number of hydrogen-bond acceptors (Lipinski definition) is 4. The minimum Gasteiger partial charge on any atom is -0.367 e. The van der Waals surface area contributed by atoms with E-state index in [1.54, 1.807) is 12.4 Å². The second-order valence-corrected chi connectivity index (χ2v) is 5.76. The monoisotopic (exact) mass is 321 g/mol. The first kappa shape index (κ1) is 16.2. The van der Waals surface area contributed by atoms with Crippen LogP contribution >= 0.6 is 0 Å². The summed E-state index contributed by atoms with van der Waals surface area (Å²) in [7, 11) is 0. The van der Waals surface area contributed by atoms with E-state index in [2.05, 4.69) is 40.4 Å².